The molecule has 31 heavy (non-hydrogen) atoms. The van der Waals surface area contributed by atoms with Gasteiger partial charge in [0.15, 0.2) is 0 Å². The molecule has 0 bridgehead atoms. The summed E-state index contributed by atoms with van der Waals surface area (Å²) < 4.78 is 5.70. The van der Waals surface area contributed by atoms with Crippen LogP contribution in [-0.4, -0.2) is 58.9 Å². The highest BCUT2D eigenvalue weighted by atomic mass is 32.2. The summed E-state index contributed by atoms with van der Waals surface area (Å²) in [7, 11) is 0. The third-order valence-electron chi connectivity index (χ3n) is 5.52. The normalized spacial score (nSPS) is 17.9. The minimum absolute atomic E-state index is 0.0504. The molecule has 1 saturated heterocycles. The van der Waals surface area contributed by atoms with Crippen LogP contribution in [0.1, 0.15) is 27.9 Å². The highest BCUT2D eigenvalue weighted by molar-refractivity contribution is 7.99. The molecule has 162 valence electrons. The maximum atomic E-state index is 12.7. The highest BCUT2D eigenvalue weighted by Crippen LogP contribution is 2.30. The van der Waals surface area contributed by atoms with Gasteiger partial charge in [-0.2, -0.15) is 11.8 Å². The molecule has 2 aromatic rings. The number of rotatable bonds is 5. The molecule has 1 fully saturated rings. The number of hydrogen-bond donors (Lipinski definition) is 3. The summed E-state index contributed by atoms with van der Waals surface area (Å²) in [5.41, 5.74) is 2.91. The minimum atomic E-state index is -0.830. The minimum Gasteiger partial charge on any atom is -0.493 e. The van der Waals surface area contributed by atoms with E-state index in [9.17, 15) is 9.59 Å². The standard InChI is InChI=1S/C23H25N3O4S/c24-22(26-7-9-31-10-8-26)16-3-5-19(6-4-16)25-23(29)18-2-1-17-11-15(12-21(27)28)14-30-20(17)13-18/h1-6,13,15,24H,7-12,14H2,(H,25,29)(H,27,28). The average Bonchev–Trinajstić information content (AvgIpc) is 2.79. The van der Waals surface area contributed by atoms with Crippen LogP contribution in [0.5, 0.6) is 5.75 Å². The third-order valence-corrected chi connectivity index (χ3v) is 6.46. The Hall–Kier alpha value is -3.00. The van der Waals surface area contributed by atoms with Gasteiger partial charge < -0.3 is 20.1 Å². The lowest BCUT2D eigenvalue weighted by Crippen LogP contribution is -2.37. The molecular formula is C23H25N3O4S. The molecule has 2 aliphatic heterocycles. The van der Waals surface area contributed by atoms with Crippen LogP contribution >= 0.6 is 11.8 Å². The van der Waals surface area contributed by atoms with Gasteiger partial charge in [-0.05, 0) is 48.4 Å². The summed E-state index contributed by atoms with van der Waals surface area (Å²) >= 11 is 1.91. The number of ether oxygens (including phenoxy) is 1. The molecule has 3 N–H and O–H groups in total. The van der Waals surface area contributed by atoms with E-state index >= 15 is 0 Å². The van der Waals surface area contributed by atoms with E-state index in [0.717, 1.165) is 35.7 Å². The van der Waals surface area contributed by atoms with Gasteiger partial charge in [-0.25, -0.2) is 0 Å². The Labute approximate surface area is 185 Å². The third kappa shape index (κ3) is 5.19. The van der Waals surface area contributed by atoms with Crippen molar-refractivity contribution in [3.05, 3.63) is 59.2 Å². The van der Waals surface area contributed by atoms with Crippen LogP contribution in [0.4, 0.5) is 5.69 Å². The second-order valence-electron chi connectivity index (χ2n) is 7.78. The molecule has 0 radical (unpaired) electrons. The number of carboxylic acids is 1. The summed E-state index contributed by atoms with van der Waals surface area (Å²) in [4.78, 5) is 25.7. The van der Waals surface area contributed by atoms with Gasteiger partial charge in [0.2, 0.25) is 0 Å². The number of carbonyl (C=O) groups is 2. The van der Waals surface area contributed by atoms with Crippen LogP contribution in [0.2, 0.25) is 0 Å². The highest BCUT2D eigenvalue weighted by Gasteiger charge is 2.23. The number of anilines is 1. The summed E-state index contributed by atoms with van der Waals surface area (Å²) in [5.74, 6) is 2.12. The monoisotopic (exact) mass is 439 g/mol. The van der Waals surface area contributed by atoms with Crippen LogP contribution < -0.4 is 10.1 Å². The largest absolute Gasteiger partial charge is 0.493 e. The van der Waals surface area contributed by atoms with Crippen molar-refractivity contribution in [1.82, 2.24) is 4.90 Å². The quantitative estimate of drug-likeness (QED) is 0.488. The molecule has 1 amide bonds. The van der Waals surface area contributed by atoms with E-state index < -0.39 is 5.97 Å². The van der Waals surface area contributed by atoms with E-state index in [0.29, 0.717) is 35.9 Å². The van der Waals surface area contributed by atoms with Crippen LogP contribution in [-0.2, 0) is 11.2 Å². The Morgan fingerprint density at radius 1 is 1.13 bits per heavy atom. The van der Waals surface area contributed by atoms with Gasteiger partial charge in [-0.15, -0.1) is 0 Å². The maximum absolute atomic E-state index is 12.7. The van der Waals surface area contributed by atoms with E-state index in [4.69, 9.17) is 15.3 Å². The van der Waals surface area contributed by atoms with Gasteiger partial charge in [0, 0.05) is 47.3 Å². The molecule has 4 rings (SSSR count). The smallest absolute Gasteiger partial charge is 0.303 e. The van der Waals surface area contributed by atoms with Crippen molar-refractivity contribution < 1.29 is 19.4 Å². The molecule has 2 aliphatic rings. The summed E-state index contributed by atoms with van der Waals surface area (Å²) in [6.07, 6.45) is 0.707. The van der Waals surface area contributed by atoms with Gasteiger partial charge in [0.25, 0.3) is 5.91 Å². The van der Waals surface area contributed by atoms with Crippen molar-refractivity contribution in [2.24, 2.45) is 5.92 Å². The molecule has 8 heteroatoms. The number of hydrogen-bond acceptors (Lipinski definition) is 5. The Morgan fingerprint density at radius 3 is 2.55 bits per heavy atom. The summed E-state index contributed by atoms with van der Waals surface area (Å²) in [6.45, 7) is 2.12. The number of carboxylic acid groups (broad SMARTS) is 1. The maximum Gasteiger partial charge on any atom is 0.303 e. The van der Waals surface area contributed by atoms with Gasteiger partial charge >= 0.3 is 5.97 Å². The summed E-state index contributed by atoms with van der Waals surface area (Å²) in [6, 6.07) is 12.6. The Morgan fingerprint density at radius 2 is 1.84 bits per heavy atom. The predicted octanol–water partition coefficient (Wildman–Crippen LogP) is 3.34. The van der Waals surface area contributed by atoms with Gasteiger partial charge in [0.05, 0.1) is 13.0 Å². The number of amidine groups is 1. The lowest BCUT2D eigenvalue weighted by Gasteiger charge is -2.28. The van der Waals surface area contributed by atoms with Crippen molar-refractivity contribution >= 4 is 35.2 Å². The zero-order valence-electron chi connectivity index (χ0n) is 17.1. The van der Waals surface area contributed by atoms with Crippen molar-refractivity contribution in [3.8, 4) is 5.75 Å². The molecule has 0 aliphatic carbocycles. The Kier molecular flexibility index (Phi) is 6.46. The molecule has 0 spiro atoms. The topological polar surface area (TPSA) is 103 Å². The van der Waals surface area contributed by atoms with Crippen LogP contribution in [0.3, 0.4) is 0 Å². The second-order valence-corrected chi connectivity index (χ2v) is 9.01. The fourth-order valence-corrected chi connectivity index (χ4v) is 4.74. The molecule has 1 atom stereocenters. The fourth-order valence-electron chi connectivity index (χ4n) is 3.84. The van der Waals surface area contributed by atoms with Gasteiger partial charge in [-0.3, -0.25) is 15.0 Å². The first kappa shape index (κ1) is 21.2. The first-order valence-electron chi connectivity index (χ1n) is 10.3. The predicted molar refractivity (Wildman–Crippen MR) is 122 cm³/mol. The van der Waals surface area contributed by atoms with Crippen LogP contribution in [0, 0.1) is 11.3 Å². The van der Waals surface area contributed by atoms with Crippen molar-refractivity contribution in [2.45, 2.75) is 12.8 Å². The van der Waals surface area contributed by atoms with Crippen LogP contribution in [0.25, 0.3) is 0 Å². The van der Waals surface area contributed by atoms with E-state index in [1.165, 1.54) is 0 Å². The average molecular weight is 440 g/mol. The van der Waals surface area contributed by atoms with Crippen molar-refractivity contribution in [3.63, 3.8) is 0 Å². The van der Waals surface area contributed by atoms with E-state index in [1.807, 2.05) is 42.1 Å². The molecule has 2 aromatic carbocycles. The van der Waals surface area contributed by atoms with Gasteiger partial charge in [0.1, 0.15) is 11.6 Å². The molecular weight excluding hydrogens is 414 g/mol. The molecule has 0 aromatic heterocycles. The number of benzene rings is 2. The molecule has 7 nitrogen and oxygen atoms in total. The first-order valence-corrected chi connectivity index (χ1v) is 11.5. The molecule has 1 unspecified atom stereocenters. The Bertz CT molecular complexity index is 987. The van der Waals surface area contributed by atoms with Crippen molar-refractivity contribution in [2.75, 3.05) is 36.5 Å². The number of nitrogens with zero attached hydrogens (tertiary/aromatic N) is 1. The number of amides is 1. The zero-order valence-corrected chi connectivity index (χ0v) is 17.9. The van der Waals surface area contributed by atoms with E-state index in [-0.39, 0.29) is 18.2 Å². The van der Waals surface area contributed by atoms with Crippen molar-refractivity contribution in [1.29, 1.82) is 5.41 Å². The zero-order chi connectivity index (χ0) is 21.8. The first-order chi connectivity index (χ1) is 15.0. The van der Waals surface area contributed by atoms with E-state index in [2.05, 4.69) is 10.2 Å². The molecule has 2 heterocycles. The van der Waals surface area contributed by atoms with Gasteiger partial charge in [-0.1, -0.05) is 6.07 Å². The lowest BCUT2D eigenvalue weighted by atomic mass is 9.93. The number of carbonyl (C=O) groups excluding carboxylic acids is 1. The number of thioether (sulfide) groups is 1. The van der Waals surface area contributed by atoms with Crippen LogP contribution in [0.15, 0.2) is 42.5 Å². The Balaban J connectivity index is 1.38. The lowest BCUT2D eigenvalue weighted by molar-refractivity contribution is -0.138. The number of nitrogens with one attached hydrogen (secondary N) is 2. The second kappa shape index (κ2) is 9.43. The SMILES string of the molecule is N=C(c1ccc(NC(=O)c2ccc3c(c2)OCC(CC(=O)O)C3)cc1)N1CCSCC1. The molecule has 0 saturated carbocycles. The number of aliphatic carboxylic acids is 1. The number of fused-ring (bicyclic) bond motifs is 1. The fraction of sp³-hybridized carbons (Fsp3) is 0.348. The van der Waals surface area contributed by atoms with E-state index in [1.54, 1.807) is 12.1 Å². The summed E-state index contributed by atoms with van der Waals surface area (Å²) in [5, 5.41) is 20.2.